The first-order valence-electron chi connectivity index (χ1n) is 12.9. The fourth-order valence-electron chi connectivity index (χ4n) is 3.65. The van der Waals surface area contributed by atoms with E-state index in [4.69, 9.17) is 30.4 Å². The molecule has 4 aromatic rings. The van der Waals surface area contributed by atoms with Gasteiger partial charge in [0.1, 0.15) is 0 Å². The number of pyridine rings is 1. The molecule has 2 aromatic carbocycles. The zero-order chi connectivity index (χ0) is 34.5. The van der Waals surface area contributed by atoms with Crippen molar-refractivity contribution in [2.75, 3.05) is 6.61 Å². The van der Waals surface area contributed by atoms with Gasteiger partial charge in [0.05, 0.1) is 18.4 Å². The first kappa shape index (κ1) is 36.5. The molecular formula is C30H26F6N4O6. The van der Waals surface area contributed by atoms with Gasteiger partial charge in [-0.1, -0.05) is 48.5 Å². The van der Waals surface area contributed by atoms with Crippen molar-refractivity contribution in [1.29, 1.82) is 0 Å². The summed E-state index contributed by atoms with van der Waals surface area (Å²) in [6.07, 6.45) is -1.15. The van der Waals surface area contributed by atoms with E-state index >= 15 is 0 Å². The zero-order valence-electron chi connectivity index (χ0n) is 23.8. The second kappa shape index (κ2) is 16.4. The summed E-state index contributed by atoms with van der Waals surface area (Å²) >= 11 is 0. The number of carboxylic acid groups (broad SMARTS) is 2. The predicted molar refractivity (Wildman–Crippen MR) is 154 cm³/mol. The number of halogens is 6. The van der Waals surface area contributed by atoms with Crippen LogP contribution in [0.5, 0.6) is 0 Å². The maximum atomic E-state index is 12.7. The minimum absolute atomic E-state index is 0.323. The average molecular weight is 653 g/mol. The molecule has 0 fully saturated rings. The number of esters is 1. The summed E-state index contributed by atoms with van der Waals surface area (Å²) < 4.78 is 70.8. The molecule has 2 aromatic heterocycles. The van der Waals surface area contributed by atoms with E-state index < -0.39 is 24.3 Å². The van der Waals surface area contributed by atoms with Gasteiger partial charge in [-0.25, -0.2) is 14.4 Å². The van der Waals surface area contributed by atoms with Crippen LogP contribution in [0.25, 0.3) is 22.3 Å². The molecule has 0 aliphatic heterocycles. The molecule has 4 N–H and O–H groups in total. The number of hydrazone groups is 1. The van der Waals surface area contributed by atoms with Crippen LogP contribution in [0.1, 0.15) is 28.4 Å². The van der Waals surface area contributed by atoms with Crippen LogP contribution in [0.15, 0.2) is 90.6 Å². The fraction of sp³-hybridized carbons (Fsp3) is 0.167. The molecule has 0 amide bonds. The molecule has 0 saturated heterocycles. The van der Waals surface area contributed by atoms with Crippen molar-refractivity contribution in [2.24, 2.45) is 10.9 Å². The molecule has 16 heteroatoms. The number of rotatable bonds is 7. The van der Waals surface area contributed by atoms with Gasteiger partial charge in [0.2, 0.25) is 0 Å². The Morgan fingerprint density at radius 1 is 0.891 bits per heavy atom. The number of carboxylic acids is 2. The largest absolute Gasteiger partial charge is 0.490 e. The van der Waals surface area contributed by atoms with E-state index in [9.17, 15) is 31.1 Å². The van der Waals surface area contributed by atoms with Gasteiger partial charge < -0.3 is 25.4 Å². The van der Waals surface area contributed by atoms with Gasteiger partial charge in [0, 0.05) is 36.9 Å². The van der Waals surface area contributed by atoms with Crippen molar-refractivity contribution in [3.8, 4) is 22.3 Å². The SMILES string of the molecule is CCOC(=O)c1cn(Cc2cccc(C=NN)c2)cc1-c1ccc(-c2cccnc2)cc1.O=C(O)C(F)(F)F.O=C(O)C(F)(F)F. The van der Waals surface area contributed by atoms with Crippen LogP contribution in [0.2, 0.25) is 0 Å². The molecule has 0 radical (unpaired) electrons. The maximum absolute atomic E-state index is 12.7. The van der Waals surface area contributed by atoms with Crippen LogP contribution in [0.4, 0.5) is 26.3 Å². The summed E-state index contributed by atoms with van der Waals surface area (Å²) in [6.45, 7) is 2.73. The van der Waals surface area contributed by atoms with Gasteiger partial charge in [0.15, 0.2) is 0 Å². The topological polar surface area (TPSA) is 157 Å². The van der Waals surface area contributed by atoms with Crippen molar-refractivity contribution in [1.82, 2.24) is 9.55 Å². The van der Waals surface area contributed by atoms with E-state index in [1.165, 1.54) is 0 Å². The molecule has 4 rings (SSSR count). The highest BCUT2D eigenvalue weighted by atomic mass is 19.4. The molecule has 0 aliphatic carbocycles. The van der Waals surface area contributed by atoms with Crippen LogP contribution in [0, 0.1) is 0 Å². The average Bonchev–Trinajstić information content (AvgIpc) is 3.42. The van der Waals surface area contributed by atoms with E-state index in [1.54, 1.807) is 12.4 Å². The molecule has 244 valence electrons. The van der Waals surface area contributed by atoms with Crippen molar-refractivity contribution < 1.29 is 55.7 Å². The van der Waals surface area contributed by atoms with Crippen molar-refractivity contribution in [3.63, 3.8) is 0 Å². The Bertz CT molecular complexity index is 1610. The predicted octanol–water partition coefficient (Wildman–Crippen LogP) is 6.00. The summed E-state index contributed by atoms with van der Waals surface area (Å²) in [6, 6.07) is 20.0. The lowest BCUT2D eigenvalue weighted by Crippen LogP contribution is -2.21. The number of hydrogen-bond donors (Lipinski definition) is 3. The monoisotopic (exact) mass is 652 g/mol. The Morgan fingerprint density at radius 3 is 1.98 bits per heavy atom. The van der Waals surface area contributed by atoms with E-state index in [2.05, 4.69) is 10.1 Å². The number of aromatic nitrogens is 2. The first-order valence-corrected chi connectivity index (χ1v) is 12.9. The molecule has 0 atom stereocenters. The molecule has 0 saturated carbocycles. The van der Waals surface area contributed by atoms with Gasteiger partial charge in [0.25, 0.3) is 0 Å². The van der Waals surface area contributed by atoms with Crippen molar-refractivity contribution in [3.05, 3.63) is 102 Å². The number of hydrogen-bond acceptors (Lipinski definition) is 7. The summed E-state index contributed by atoms with van der Waals surface area (Å²) in [5, 5.41) is 17.8. The lowest BCUT2D eigenvalue weighted by atomic mass is 10.0. The van der Waals surface area contributed by atoms with Gasteiger partial charge in [-0.15, -0.1) is 0 Å². The summed E-state index contributed by atoms with van der Waals surface area (Å²) in [5.41, 5.74) is 6.44. The fourth-order valence-corrected chi connectivity index (χ4v) is 3.65. The third kappa shape index (κ3) is 11.4. The molecule has 10 nitrogen and oxygen atoms in total. The Morgan fingerprint density at radius 2 is 1.48 bits per heavy atom. The summed E-state index contributed by atoms with van der Waals surface area (Å²) in [4.78, 5) is 34.6. The second-order valence-corrected chi connectivity index (χ2v) is 8.93. The third-order valence-electron chi connectivity index (χ3n) is 5.59. The first-order chi connectivity index (χ1) is 21.6. The molecular weight excluding hydrogens is 626 g/mol. The van der Waals surface area contributed by atoms with E-state index in [0.717, 1.165) is 33.4 Å². The number of nitrogens with two attached hydrogens (primary N) is 1. The molecule has 0 unspecified atom stereocenters. The number of ether oxygens (including phenoxy) is 1. The number of alkyl halides is 6. The Labute approximate surface area is 257 Å². The molecule has 2 heterocycles. The third-order valence-corrected chi connectivity index (χ3v) is 5.59. The highest BCUT2D eigenvalue weighted by Gasteiger charge is 2.38. The van der Waals surface area contributed by atoms with E-state index in [1.807, 2.05) is 90.7 Å². The minimum atomic E-state index is -5.08. The smallest absolute Gasteiger partial charge is 0.475 e. The number of carbonyl (C=O) groups excluding carboxylic acids is 1. The lowest BCUT2D eigenvalue weighted by Gasteiger charge is -2.06. The Balaban J connectivity index is 0.000000440. The molecule has 0 spiro atoms. The van der Waals surface area contributed by atoms with Gasteiger partial charge in [-0.2, -0.15) is 31.4 Å². The minimum Gasteiger partial charge on any atom is -0.475 e. The quantitative estimate of drug-likeness (QED) is 0.0721. The zero-order valence-corrected chi connectivity index (χ0v) is 23.8. The van der Waals surface area contributed by atoms with Crippen LogP contribution >= 0.6 is 0 Å². The highest BCUT2D eigenvalue weighted by molar-refractivity contribution is 5.97. The van der Waals surface area contributed by atoms with Crippen LogP contribution < -0.4 is 5.84 Å². The molecule has 0 aliphatic rings. The maximum Gasteiger partial charge on any atom is 0.490 e. The molecule has 0 bridgehead atoms. The van der Waals surface area contributed by atoms with E-state index in [0.29, 0.717) is 18.7 Å². The van der Waals surface area contributed by atoms with Gasteiger partial charge >= 0.3 is 30.3 Å². The van der Waals surface area contributed by atoms with E-state index in [-0.39, 0.29) is 5.97 Å². The van der Waals surface area contributed by atoms with Gasteiger partial charge in [-0.3, -0.25) is 4.98 Å². The van der Waals surface area contributed by atoms with Crippen LogP contribution in [0.3, 0.4) is 0 Å². The van der Waals surface area contributed by atoms with Crippen LogP contribution in [-0.4, -0.2) is 62.8 Å². The van der Waals surface area contributed by atoms with Crippen molar-refractivity contribution in [2.45, 2.75) is 25.8 Å². The number of benzene rings is 2. The molecule has 46 heavy (non-hydrogen) atoms. The second-order valence-electron chi connectivity index (χ2n) is 8.93. The van der Waals surface area contributed by atoms with Crippen molar-refractivity contribution >= 4 is 24.1 Å². The Hall–Kier alpha value is -5.67. The number of nitrogens with zero attached hydrogens (tertiary/aromatic N) is 3. The van der Waals surface area contributed by atoms with Crippen LogP contribution in [-0.2, 0) is 20.9 Å². The summed E-state index contributed by atoms with van der Waals surface area (Å²) in [5.74, 6) is -0.576. The summed E-state index contributed by atoms with van der Waals surface area (Å²) in [7, 11) is 0. The van der Waals surface area contributed by atoms with Gasteiger partial charge in [-0.05, 0) is 46.9 Å². The normalized spacial score (nSPS) is 11.1. The number of carbonyl (C=O) groups is 3. The standard InChI is InChI=1S/C26H24N4O2.2C2HF3O2/c1-2-32-26(31)25-18-30(16-20-6-3-5-19(13-20)14-29-27)17-24(25)22-10-8-21(9-11-22)23-7-4-12-28-15-23;2*3-2(4,5)1(6)7/h3-15,17-18H,2,16,27H2,1H3;2*(H,6,7). The Kier molecular flexibility index (Phi) is 13.0. The highest BCUT2D eigenvalue weighted by Crippen LogP contribution is 2.29. The lowest BCUT2D eigenvalue weighted by molar-refractivity contribution is -0.193. The number of aliphatic carboxylic acids is 2.